The Hall–Kier alpha value is -9.94. The minimum Gasteiger partial charge on any atom is -0.508 e. The molecule has 0 spiro atoms. The largest absolute Gasteiger partial charge is 0.508 e. The minimum atomic E-state index is -2.03. The lowest BCUT2D eigenvalue weighted by Gasteiger charge is -2.31. The number of Topliss-reactive ketones (excluding diaryl/α,β-unsaturated/α-hetero) is 1. The molecule has 1 fully saturated rings. The van der Waals surface area contributed by atoms with Crippen molar-refractivity contribution in [2.24, 2.45) is 17.4 Å². The van der Waals surface area contributed by atoms with Gasteiger partial charge in [0.25, 0.3) is 0 Å². The number of thioether (sulfide) groups is 2. The Kier molecular flexibility index (Phi) is 26.6. The predicted molar refractivity (Wildman–Crippen MR) is 378 cm³/mol. The molecule has 2 aliphatic heterocycles. The van der Waals surface area contributed by atoms with Crippen LogP contribution in [0.3, 0.4) is 0 Å². The Bertz CT molecular complexity index is 4100. The number of phenols is 1. The highest BCUT2D eigenvalue weighted by atomic mass is 32.2. The van der Waals surface area contributed by atoms with E-state index in [0.717, 1.165) is 11.1 Å². The van der Waals surface area contributed by atoms with Gasteiger partial charge in [-0.25, -0.2) is 13.8 Å². The third-order valence-electron chi connectivity index (χ3n) is 18.1. The number of benzene rings is 4. The lowest BCUT2D eigenvalue weighted by atomic mass is 9.97. The van der Waals surface area contributed by atoms with Crippen LogP contribution in [0, 0.1) is 17.6 Å². The number of rotatable bonds is 15. The van der Waals surface area contributed by atoms with Crippen LogP contribution in [-0.4, -0.2) is 167 Å². The highest BCUT2D eigenvalue weighted by Crippen LogP contribution is 2.33. The Labute approximate surface area is 595 Å². The average Bonchev–Trinajstić information content (AvgIpc) is 1.59. The number of fused-ring (bicyclic) bond motifs is 5. The fourth-order valence-corrected chi connectivity index (χ4v) is 14.6. The number of nitrogens with one attached hydrogen (secondary N) is 9. The van der Waals surface area contributed by atoms with Crippen molar-refractivity contribution >= 4 is 105 Å². The Balaban J connectivity index is 1.06. The smallest absolute Gasteiger partial charge is 0.305 e. The molecule has 8 atom stereocenters. The molecular formula is C72H85F2N13O13S2. The predicted octanol–water partition coefficient (Wildman–Crippen LogP) is 3.96. The molecule has 9 rings (SSSR count). The topological polar surface area (TPSA) is 412 Å². The van der Waals surface area contributed by atoms with Gasteiger partial charge in [-0.1, -0.05) is 48.5 Å². The third-order valence-corrected chi connectivity index (χ3v) is 20.3. The Morgan fingerprint density at radius 3 is 2.08 bits per heavy atom. The number of aliphatic carboxylic acids is 1. The fraction of sp³-hybridized carbons (Fsp3) is 0.417. The van der Waals surface area contributed by atoms with Crippen molar-refractivity contribution in [1.29, 1.82) is 0 Å². The van der Waals surface area contributed by atoms with Gasteiger partial charge < -0.3 is 73.8 Å². The number of carboxylic acid groups (broad SMARTS) is 1. The number of allylic oxidation sites excluding steroid dienone is 1. The van der Waals surface area contributed by atoms with E-state index in [2.05, 4.69) is 52.2 Å². The first-order chi connectivity index (χ1) is 48.8. The molecule has 4 heterocycles. The number of H-pyrrole nitrogens is 2. The second-order valence-electron chi connectivity index (χ2n) is 26.3. The van der Waals surface area contributed by atoms with Crippen LogP contribution in [0.1, 0.15) is 111 Å². The number of carbonyl (C=O) groups excluding carboxylic acids is 10. The second kappa shape index (κ2) is 35.6. The van der Waals surface area contributed by atoms with Gasteiger partial charge in [0, 0.05) is 97.1 Å². The van der Waals surface area contributed by atoms with E-state index in [4.69, 9.17) is 11.5 Å². The lowest BCUT2D eigenvalue weighted by molar-refractivity contribution is -0.142. The zero-order valence-corrected chi connectivity index (χ0v) is 58.1. The molecule has 0 radical (unpaired) electrons. The normalized spacial score (nSPS) is 22.9. The molecule has 6 aromatic rings. The maximum Gasteiger partial charge on any atom is 0.305 e. The quantitative estimate of drug-likeness (QED) is 0.0647. The van der Waals surface area contributed by atoms with Crippen LogP contribution in [-0.2, 0) is 89.9 Å². The highest BCUT2D eigenvalue weighted by molar-refractivity contribution is 7.98. The number of nitrogens with two attached hydrogens (primary N) is 2. The monoisotopic (exact) mass is 1440 g/mol. The summed E-state index contributed by atoms with van der Waals surface area (Å²) in [7, 11) is 0. The molecular weight excluding hydrogens is 1360 g/mol. The number of unbranched alkanes of at least 4 members (excludes halogenated alkanes) is 1. The van der Waals surface area contributed by atoms with Gasteiger partial charge in [0.15, 0.2) is 5.78 Å². The zero-order chi connectivity index (χ0) is 73.2. The molecule has 30 heteroatoms. The number of aromatic nitrogens is 3. The number of aromatic hydroxyl groups is 1. The van der Waals surface area contributed by atoms with Gasteiger partial charge in [0.05, 0.1) is 24.7 Å². The Morgan fingerprint density at radius 2 is 1.38 bits per heavy atom. The summed E-state index contributed by atoms with van der Waals surface area (Å²) in [5.41, 5.74) is 14.6. The van der Waals surface area contributed by atoms with Crippen LogP contribution in [0.25, 0.3) is 16.5 Å². The minimum absolute atomic E-state index is 0.0104. The summed E-state index contributed by atoms with van der Waals surface area (Å²) in [6, 6.07) is 10.6. The summed E-state index contributed by atoms with van der Waals surface area (Å²) in [6.07, 6.45) is 4.97. The van der Waals surface area contributed by atoms with Crippen molar-refractivity contribution in [3.05, 3.63) is 160 Å². The van der Waals surface area contributed by atoms with E-state index in [9.17, 15) is 53.0 Å². The van der Waals surface area contributed by atoms with E-state index in [-0.39, 0.29) is 75.1 Å². The number of phenolic OH excluding ortho intramolecular Hbond substituents is 1. The molecule has 542 valence electrons. The number of aromatic amines is 2. The van der Waals surface area contributed by atoms with Crippen molar-refractivity contribution in [2.75, 3.05) is 24.6 Å². The molecule has 26 nitrogen and oxygen atoms in total. The van der Waals surface area contributed by atoms with Crippen LogP contribution in [0.5, 0.6) is 5.75 Å². The van der Waals surface area contributed by atoms with Gasteiger partial charge in [-0.05, 0) is 140 Å². The van der Waals surface area contributed by atoms with E-state index in [1.165, 1.54) is 116 Å². The summed E-state index contributed by atoms with van der Waals surface area (Å²) in [5.74, 6) is -10.8. The number of amides is 9. The van der Waals surface area contributed by atoms with Gasteiger partial charge in [-0.15, -0.1) is 0 Å². The highest BCUT2D eigenvalue weighted by Gasteiger charge is 2.42. The SMILES string of the molecule is CC1(C)NC(=O)[C@H](CCCCN)NC(=O)CCSCc2cccc(c2)CSC[C@@H](C(N)=O)CC(=O)[C@@H]2CCCN2C(=O)[C@H](Cc2ccc(O)cc2)NC(=O)[C@H](Cc2cnc[nH]2)NC(=O)[C@H](CC(=O)O)NC(=O)[C@H](CC2=CCc3ccc(F)cc32)NC(=O)[C@H](Cc2c[nH]c3ccc(F)cc23)NC1=O. The van der Waals surface area contributed by atoms with Crippen molar-refractivity contribution in [2.45, 2.75) is 157 Å². The maximum atomic E-state index is 15.3. The van der Waals surface area contributed by atoms with E-state index in [1.54, 1.807) is 12.1 Å². The van der Waals surface area contributed by atoms with Crippen molar-refractivity contribution < 1.29 is 71.7 Å². The number of nitrogens with zero attached hydrogens (tertiary/aromatic N) is 2. The number of carbonyl (C=O) groups is 11. The van der Waals surface area contributed by atoms with Crippen molar-refractivity contribution in [1.82, 2.24) is 57.1 Å². The second-order valence-corrected chi connectivity index (χ2v) is 28.4. The van der Waals surface area contributed by atoms with Crippen LogP contribution < -0.4 is 48.7 Å². The summed E-state index contributed by atoms with van der Waals surface area (Å²) in [6.45, 7) is 3.11. The number of carboxylic acids is 1. The number of hydrogen-bond acceptors (Lipinski definition) is 16. The first-order valence-corrected chi connectivity index (χ1v) is 36.0. The molecule has 2 aromatic heterocycles. The Morgan fingerprint density at radius 1 is 0.716 bits per heavy atom. The van der Waals surface area contributed by atoms with Gasteiger partial charge in [-0.3, -0.25) is 52.7 Å². The molecule has 1 aliphatic carbocycles. The van der Waals surface area contributed by atoms with E-state index < -0.39 is 143 Å². The van der Waals surface area contributed by atoms with E-state index in [1.807, 2.05) is 24.3 Å². The first kappa shape index (κ1) is 76.2. The van der Waals surface area contributed by atoms with Crippen molar-refractivity contribution in [3.8, 4) is 5.75 Å². The molecule has 4 aromatic carbocycles. The van der Waals surface area contributed by atoms with E-state index >= 15 is 18.8 Å². The molecule has 1 saturated heterocycles. The summed E-state index contributed by atoms with van der Waals surface area (Å²) < 4.78 is 30.0. The average molecular weight is 1440 g/mol. The summed E-state index contributed by atoms with van der Waals surface area (Å²) in [4.78, 5) is 170. The standard InChI is InChI=1S/C72H85F2N13O13S2/c1-72(2)71(100)85-56(28-45-34-78-53-20-17-48(74)31-52(45)53)66(95)81-55(27-44-14-13-43-15-16-47(73)30-51(43)44)65(94)83-58(33-63(91)92)68(97)82-57(32-49-35-77-39-79-49)67(96)84-59(26-40-11-18-50(88)19-12-40)70(99)87-23-6-10-60(87)61(89)29-46(64(76)93)38-102-37-42-8-5-7-41(25-42)36-101-24-21-62(90)80-54(69(98)86-72)9-3-4-22-75/h5,7-8,11-12,14-20,25,30-31,34-35,39,46,54-60,78,88H,3-4,6,9-10,13,21-24,26-29,32-33,36-38,75H2,1-2H3,(H2,76,93)(H,77,79)(H,80,90)(H,81,95)(H,82,97)(H,83,94)(H,84,96)(H,85,100)(H,86,98)(H,91,92)/t46-,54-,55-,56-,57-,58-,59-,60-/m0/s1. The molecule has 3 aliphatic rings. The zero-order valence-electron chi connectivity index (χ0n) is 56.5. The van der Waals surface area contributed by atoms with Crippen LogP contribution >= 0.6 is 23.5 Å². The molecule has 15 N–H and O–H groups in total. The summed E-state index contributed by atoms with van der Waals surface area (Å²) >= 11 is 2.86. The first-order valence-electron chi connectivity index (χ1n) is 33.7. The van der Waals surface area contributed by atoms with E-state index in [0.29, 0.717) is 81.8 Å². The third kappa shape index (κ3) is 21.1. The van der Waals surface area contributed by atoms with Gasteiger partial charge in [-0.2, -0.15) is 23.5 Å². The molecule has 9 amide bonds. The maximum absolute atomic E-state index is 15.3. The number of halogens is 2. The van der Waals surface area contributed by atoms with Crippen LogP contribution in [0.2, 0.25) is 0 Å². The number of ketones is 1. The van der Waals surface area contributed by atoms with Gasteiger partial charge in [0.2, 0.25) is 53.2 Å². The number of hydrogen-bond donors (Lipinski definition) is 13. The fourth-order valence-electron chi connectivity index (χ4n) is 12.6. The molecule has 0 saturated carbocycles. The molecule has 2 bridgehead atoms. The molecule has 0 unspecified atom stereocenters. The molecule has 102 heavy (non-hydrogen) atoms. The summed E-state index contributed by atoms with van der Waals surface area (Å²) in [5, 5.41) is 39.6. The number of primary amides is 1. The van der Waals surface area contributed by atoms with Gasteiger partial charge >= 0.3 is 5.97 Å². The van der Waals surface area contributed by atoms with Crippen LogP contribution in [0.15, 0.2) is 110 Å². The lowest BCUT2D eigenvalue weighted by Crippen LogP contribution is -2.63. The van der Waals surface area contributed by atoms with Crippen LogP contribution in [0.4, 0.5) is 8.78 Å². The van der Waals surface area contributed by atoms with Gasteiger partial charge in [0.1, 0.15) is 59.2 Å². The number of imidazole rings is 1. The van der Waals surface area contributed by atoms with Crippen molar-refractivity contribution in [3.63, 3.8) is 0 Å².